The van der Waals surface area contributed by atoms with Gasteiger partial charge in [-0.2, -0.15) is 8.42 Å². The number of ether oxygens (including phenoxy) is 1. The minimum Gasteiger partial charge on any atom is -0.461 e. The van der Waals surface area contributed by atoms with E-state index in [1.807, 2.05) is 30.3 Å². The molecule has 8 heteroatoms. The van der Waals surface area contributed by atoms with Crippen LogP contribution in [0.15, 0.2) is 94.2 Å². The van der Waals surface area contributed by atoms with Gasteiger partial charge < -0.3 is 9.64 Å². The van der Waals surface area contributed by atoms with Gasteiger partial charge in [0.05, 0.1) is 17.3 Å². The highest BCUT2D eigenvalue weighted by molar-refractivity contribution is 7.90. The minimum absolute atomic E-state index is 0.00439. The average Bonchev–Trinajstić information content (AvgIpc) is 3.07. The fourth-order valence-electron chi connectivity index (χ4n) is 3.31. The fraction of sp³-hybridized carbons (Fsp3) is 0.0833. The van der Waals surface area contributed by atoms with Gasteiger partial charge in [-0.3, -0.25) is 0 Å². The van der Waals surface area contributed by atoms with Gasteiger partial charge in [-0.1, -0.05) is 66.2 Å². The van der Waals surface area contributed by atoms with Gasteiger partial charge in [0.1, 0.15) is 11.5 Å². The third-order valence-electron chi connectivity index (χ3n) is 4.78. The van der Waals surface area contributed by atoms with Gasteiger partial charge >= 0.3 is 5.97 Å². The Morgan fingerprint density at radius 3 is 2.44 bits per heavy atom. The number of amidine groups is 1. The molecule has 6 nitrogen and oxygen atoms in total. The zero-order valence-electron chi connectivity index (χ0n) is 16.9. The second-order valence-corrected chi connectivity index (χ2v) is 8.88. The molecule has 0 N–H and O–H groups in total. The van der Waals surface area contributed by atoms with E-state index in [0.29, 0.717) is 16.3 Å². The average molecular weight is 467 g/mol. The molecule has 0 amide bonds. The Morgan fingerprint density at radius 2 is 1.66 bits per heavy atom. The number of fused-ring (bicyclic) bond motifs is 1. The minimum atomic E-state index is -3.82. The van der Waals surface area contributed by atoms with Crippen molar-refractivity contribution in [2.45, 2.75) is 4.90 Å². The molecule has 0 spiro atoms. The van der Waals surface area contributed by atoms with Crippen LogP contribution in [0.4, 0.5) is 5.69 Å². The summed E-state index contributed by atoms with van der Waals surface area (Å²) in [6.45, 7) is 0.168. The Morgan fingerprint density at radius 1 is 0.969 bits per heavy atom. The number of halogens is 1. The second-order valence-electron chi connectivity index (χ2n) is 6.90. The third-order valence-corrected chi connectivity index (χ3v) is 6.43. The summed E-state index contributed by atoms with van der Waals surface area (Å²) in [5.41, 5.74) is 1.92. The highest BCUT2D eigenvalue weighted by atomic mass is 35.5. The van der Waals surface area contributed by atoms with E-state index in [-0.39, 0.29) is 23.9 Å². The van der Waals surface area contributed by atoms with Gasteiger partial charge in [0.15, 0.2) is 5.84 Å². The first kappa shape index (κ1) is 21.8. The number of benzene rings is 3. The van der Waals surface area contributed by atoms with Crippen molar-refractivity contribution in [3.8, 4) is 0 Å². The number of para-hydroxylation sites is 1. The Bertz CT molecular complexity index is 1300. The molecule has 4 rings (SSSR count). The van der Waals surface area contributed by atoms with Crippen LogP contribution in [0.2, 0.25) is 5.02 Å². The van der Waals surface area contributed by atoms with E-state index < -0.39 is 16.0 Å². The van der Waals surface area contributed by atoms with E-state index in [1.54, 1.807) is 53.4 Å². The second kappa shape index (κ2) is 9.38. The number of anilines is 1. The van der Waals surface area contributed by atoms with Gasteiger partial charge in [0.2, 0.25) is 0 Å². The molecule has 0 radical (unpaired) electrons. The van der Waals surface area contributed by atoms with Crippen molar-refractivity contribution in [2.75, 3.05) is 18.1 Å². The van der Waals surface area contributed by atoms with Crippen LogP contribution >= 0.6 is 11.6 Å². The topological polar surface area (TPSA) is 76.0 Å². The largest absolute Gasteiger partial charge is 0.461 e. The third kappa shape index (κ3) is 4.74. The summed E-state index contributed by atoms with van der Waals surface area (Å²) in [6, 6.07) is 23.0. The summed E-state index contributed by atoms with van der Waals surface area (Å²) in [4.78, 5) is 13.9. The molecule has 0 saturated heterocycles. The zero-order valence-corrected chi connectivity index (χ0v) is 18.5. The van der Waals surface area contributed by atoms with Crippen LogP contribution in [-0.4, -0.2) is 33.4 Å². The van der Waals surface area contributed by atoms with E-state index in [0.717, 1.165) is 5.56 Å². The van der Waals surface area contributed by atoms with Crippen molar-refractivity contribution in [1.29, 1.82) is 0 Å². The smallest absolute Gasteiger partial charge is 0.330 e. The molecule has 0 unspecified atom stereocenters. The molecule has 3 aromatic rings. The van der Waals surface area contributed by atoms with Crippen molar-refractivity contribution in [3.05, 3.63) is 101 Å². The first-order chi connectivity index (χ1) is 15.5. The summed E-state index contributed by atoms with van der Waals surface area (Å²) in [6.07, 6.45) is 3.01. The Kier molecular flexibility index (Phi) is 6.39. The van der Waals surface area contributed by atoms with Crippen LogP contribution in [0.25, 0.3) is 6.08 Å². The molecule has 3 aromatic carbocycles. The maximum Gasteiger partial charge on any atom is 0.330 e. The van der Waals surface area contributed by atoms with E-state index in [1.165, 1.54) is 12.1 Å². The lowest BCUT2D eigenvalue weighted by Crippen LogP contribution is -2.34. The number of esters is 1. The first-order valence-electron chi connectivity index (χ1n) is 9.82. The summed E-state index contributed by atoms with van der Waals surface area (Å²) in [5, 5.41) is 0.423. The van der Waals surface area contributed by atoms with E-state index in [4.69, 9.17) is 16.3 Å². The molecule has 0 aromatic heterocycles. The number of hydrogen-bond acceptors (Lipinski definition) is 5. The van der Waals surface area contributed by atoms with Crippen LogP contribution in [0, 0.1) is 0 Å². The molecule has 1 aliphatic rings. The SMILES string of the molecule is O=C(/C=C/c1ccccc1)OCCN(C1=NS(=O)(=O)c2ccccc21)c1ccccc1Cl. The molecule has 0 saturated carbocycles. The lowest BCUT2D eigenvalue weighted by atomic mass is 10.1. The highest BCUT2D eigenvalue weighted by Gasteiger charge is 2.32. The van der Waals surface area contributed by atoms with Crippen molar-refractivity contribution in [2.24, 2.45) is 4.40 Å². The summed E-state index contributed by atoms with van der Waals surface area (Å²) < 4.78 is 34.4. The van der Waals surface area contributed by atoms with Gasteiger partial charge in [-0.05, 0) is 35.9 Å². The number of carbonyl (C=O) groups excluding carboxylic acids is 1. The molecule has 0 aliphatic carbocycles. The molecule has 1 aliphatic heterocycles. The van der Waals surface area contributed by atoms with Gasteiger partial charge in [-0.25, -0.2) is 4.79 Å². The number of sulfonamides is 1. The predicted octanol–water partition coefficient (Wildman–Crippen LogP) is 4.55. The van der Waals surface area contributed by atoms with E-state index >= 15 is 0 Å². The van der Waals surface area contributed by atoms with Crippen molar-refractivity contribution in [3.63, 3.8) is 0 Å². The lowest BCUT2D eigenvalue weighted by molar-refractivity contribution is -0.137. The van der Waals surface area contributed by atoms with Crippen LogP contribution in [0.1, 0.15) is 11.1 Å². The Hall–Kier alpha value is -3.42. The maximum atomic E-state index is 12.5. The van der Waals surface area contributed by atoms with Crippen molar-refractivity contribution in [1.82, 2.24) is 0 Å². The van der Waals surface area contributed by atoms with Crippen LogP contribution in [0.5, 0.6) is 0 Å². The number of hydrogen-bond donors (Lipinski definition) is 0. The summed E-state index contributed by atoms with van der Waals surface area (Å²) in [7, 11) is -3.82. The summed E-state index contributed by atoms with van der Waals surface area (Å²) in [5.74, 6) is -0.265. The molecule has 0 bridgehead atoms. The quantitative estimate of drug-likeness (QED) is 0.393. The molecule has 32 heavy (non-hydrogen) atoms. The van der Waals surface area contributed by atoms with Crippen LogP contribution in [0.3, 0.4) is 0 Å². The fourth-order valence-corrected chi connectivity index (χ4v) is 4.76. The monoisotopic (exact) mass is 466 g/mol. The Balaban J connectivity index is 1.55. The van der Waals surface area contributed by atoms with Gasteiger partial charge in [0.25, 0.3) is 10.0 Å². The molecular weight excluding hydrogens is 448 g/mol. The van der Waals surface area contributed by atoms with E-state index in [9.17, 15) is 13.2 Å². The molecule has 1 heterocycles. The lowest BCUT2D eigenvalue weighted by Gasteiger charge is -2.25. The highest BCUT2D eigenvalue weighted by Crippen LogP contribution is 2.32. The van der Waals surface area contributed by atoms with E-state index in [2.05, 4.69) is 4.40 Å². The van der Waals surface area contributed by atoms with Crippen molar-refractivity contribution >= 4 is 45.2 Å². The summed E-state index contributed by atoms with van der Waals surface area (Å²) >= 11 is 6.39. The Labute approximate surface area is 191 Å². The number of rotatable bonds is 6. The zero-order chi connectivity index (χ0) is 22.6. The number of nitrogens with zero attached hydrogens (tertiary/aromatic N) is 2. The standard InChI is InChI=1S/C24H19ClN2O4S/c25-20-11-5-6-12-21(20)27(24-19-10-4-7-13-22(19)32(29,30)26-24)16-17-31-23(28)15-14-18-8-2-1-3-9-18/h1-15H,16-17H2/b15-14+. The van der Waals surface area contributed by atoms with Crippen LogP contribution < -0.4 is 4.90 Å². The first-order valence-corrected chi connectivity index (χ1v) is 11.6. The van der Waals surface area contributed by atoms with Crippen molar-refractivity contribution < 1.29 is 17.9 Å². The number of carbonyl (C=O) groups is 1. The van der Waals surface area contributed by atoms with Gasteiger partial charge in [-0.15, -0.1) is 4.40 Å². The molecule has 0 fully saturated rings. The predicted molar refractivity (Wildman–Crippen MR) is 125 cm³/mol. The molecule has 162 valence electrons. The van der Waals surface area contributed by atoms with Crippen LogP contribution in [-0.2, 0) is 19.6 Å². The normalized spacial score (nSPS) is 14.1. The van der Waals surface area contributed by atoms with Gasteiger partial charge in [0, 0.05) is 11.6 Å². The maximum absolute atomic E-state index is 12.5. The molecular formula is C24H19ClN2O4S. The molecule has 0 atom stereocenters.